The van der Waals surface area contributed by atoms with Crippen LogP contribution in [0.3, 0.4) is 0 Å². The van der Waals surface area contributed by atoms with Crippen LogP contribution in [0.1, 0.15) is 13.3 Å². The smallest absolute Gasteiger partial charge is 0.307 e. The molecule has 0 unspecified atom stereocenters. The Kier molecular flexibility index (Phi) is 4.08. The fourth-order valence-corrected chi connectivity index (χ4v) is 2.00. The van der Waals surface area contributed by atoms with Gasteiger partial charge in [-0.3, -0.25) is 9.59 Å². The Morgan fingerprint density at radius 2 is 2.46 bits per heavy atom. The van der Waals surface area contributed by atoms with Crippen LogP contribution in [-0.2, 0) is 14.3 Å². The van der Waals surface area contributed by atoms with Crippen molar-refractivity contribution in [2.45, 2.75) is 13.3 Å². The molecule has 0 aliphatic carbocycles. The van der Waals surface area contributed by atoms with Crippen LogP contribution in [0.15, 0.2) is 0 Å². The molecule has 1 saturated heterocycles. The van der Waals surface area contributed by atoms with E-state index in [-0.39, 0.29) is 11.9 Å². The van der Waals surface area contributed by atoms with Crippen molar-refractivity contribution in [1.29, 1.82) is 0 Å². The summed E-state index contributed by atoms with van der Waals surface area (Å²) in [5.74, 6) is 1.14. The lowest BCUT2D eigenvalue weighted by Crippen LogP contribution is -2.28. The summed E-state index contributed by atoms with van der Waals surface area (Å²) >= 11 is 1.58. The van der Waals surface area contributed by atoms with Crippen LogP contribution in [0.5, 0.6) is 0 Å². The van der Waals surface area contributed by atoms with Gasteiger partial charge in [-0.05, 0) is 6.92 Å². The van der Waals surface area contributed by atoms with Crippen molar-refractivity contribution in [1.82, 2.24) is 4.90 Å². The Bertz CT molecular complexity index is 208. The molecule has 0 bridgehead atoms. The molecule has 0 N–H and O–H groups in total. The van der Waals surface area contributed by atoms with Gasteiger partial charge in [-0.2, -0.15) is 0 Å². The highest BCUT2D eigenvalue weighted by molar-refractivity contribution is 8.00. The molecule has 0 spiro atoms. The van der Waals surface area contributed by atoms with E-state index in [4.69, 9.17) is 4.74 Å². The normalized spacial score (nSPS) is 16.4. The molecule has 0 aromatic rings. The van der Waals surface area contributed by atoms with E-state index in [0.717, 1.165) is 0 Å². The summed E-state index contributed by atoms with van der Waals surface area (Å²) in [6.45, 7) is 2.67. The minimum Gasteiger partial charge on any atom is -0.466 e. The van der Waals surface area contributed by atoms with Gasteiger partial charge in [0.05, 0.1) is 24.7 Å². The van der Waals surface area contributed by atoms with Crippen molar-refractivity contribution >= 4 is 23.6 Å². The number of esters is 1. The molecule has 0 aromatic heterocycles. The zero-order chi connectivity index (χ0) is 9.68. The lowest BCUT2D eigenvalue weighted by molar-refractivity contribution is -0.143. The van der Waals surface area contributed by atoms with Crippen LogP contribution in [-0.4, -0.2) is 41.6 Å². The fraction of sp³-hybridized carbons (Fsp3) is 0.750. The Hall–Kier alpha value is -0.710. The monoisotopic (exact) mass is 203 g/mol. The molecule has 1 heterocycles. The fourth-order valence-electron chi connectivity index (χ4n) is 1.06. The summed E-state index contributed by atoms with van der Waals surface area (Å²) in [4.78, 5) is 23.7. The first kappa shape index (κ1) is 10.4. The number of carbonyl (C=O) groups excluding carboxylic acids is 2. The summed E-state index contributed by atoms with van der Waals surface area (Å²) < 4.78 is 4.75. The molecular weight excluding hydrogens is 190 g/mol. The van der Waals surface area contributed by atoms with Gasteiger partial charge in [0.15, 0.2) is 0 Å². The summed E-state index contributed by atoms with van der Waals surface area (Å²) in [6, 6.07) is 0. The third kappa shape index (κ3) is 3.26. The molecule has 1 aliphatic rings. The van der Waals surface area contributed by atoms with Crippen molar-refractivity contribution in [3.8, 4) is 0 Å². The molecule has 4 nitrogen and oxygen atoms in total. The maximum absolute atomic E-state index is 11.1. The molecule has 0 aromatic carbocycles. The van der Waals surface area contributed by atoms with Crippen molar-refractivity contribution < 1.29 is 14.3 Å². The SMILES string of the molecule is CCOC(=O)CCN1CSCC1=O. The predicted octanol–water partition coefficient (Wildman–Crippen LogP) is 0.473. The third-order valence-electron chi connectivity index (χ3n) is 1.72. The van der Waals surface area contributed by atoms with Gasteiger partial charge in [0.25, 0.3) is 0 Å². The van der Waals surface area contributed by atoms with Crippen LogP contribution in [0.4, 0.5) is 0 Å². The van der Waals surface area contributed by atoms with Gasteiger partial charge in [-0.1, -0.05) is 0 Å². The topological polar surface area (TPSA) is 46.6 Å². The van der Waals surface area contributed by atoms with Crippen molar-refractivity contribution in [2.75, 3.05) is 24.8 Å². The van der Waals surface area contributed by atoms with E-state index in [9.17, 15) is 9.59 Å². The van der Waals surface area contributed by atoms with Crippen molar-refractivity contribution in [3.05, 3.63) is 0 Å². The van der Waals surface area contributed by atoms with Gasteiger partial charge in [-0.25, -0.2) is 0 Å². The highest BCUT2D eigenvalue weighted by Gasteiger charge is 2.20. The first-order chi connectivity index (χ1) is 6.24. The second-order valence-electron chi connectivity index (χ2n) is 2.69. The van der Waals surface area contributed by atoms with Crippen LogP contribution in [0.2, 0.25) is 0 Å². The van der Waals surface area contributed by atoms with E-state index < -0.39 is 0 Å². The molecular formula is C8H13NO3S. The van der Waals surface area contributed by atoms with Crippen molar-refractivity contribution in [2.24, 2.45) is 0 Å². The average Bonchev–Trinajstić information content (AvgIpc) is 2.48. The molecule has 13 heavy (non-hydrogen) atoms. The second-order valence-corrected chi connectivity index (χ2v) is 3.64. The Labute approximate surface area is 81.6 Å². The van der Waals surface area contributed by atoms with E-state index in [2.05, 4.69) is 0 Å². The molecule has 0 saturated carbocycles. The van der Waals surface area contributed by atoms with Gasteiger partial charge >= 0.3 is 5.97 Å². The zero-order valence-corrected chi connectivity index (χ0v) is 8.43. The quantitative estimate of drug-likeness (QED) is 0.623. The van der Waals surface area contributed by atoms with Gasteiger partial charge in [0.2, 0.25) is 5.91 Å². The predicted molar refractivity (Wildman–Crippen MR) is 50.3 cm³/mol. The number of carbonyl (C=O) groups is 2. The largest absolute Gasteiger partial charge is 0.466 e. The molecule has 74 valence electrons. The number of rotatable bonds is 4. The number of nitrogens with zero attached hydrogens (tertiary/aromatic N) is 1. The number of hydrogen-bond acceptors (Lipinski definition) is 4. The lowest BCUT2D eigenvalue weighted by Gasteiger charge is -2.13. The maximum atomic E-state index is 11.1. The number of thioether (sulfide) groups is 1. The summed E-state index contributed by atoms with van der Waals surface area (Å²) in [5.41, 5.74) is 0. The molecule has 1 amide bonds. The Morgan fingerprint density at radius 1 is 1.69 bits per heavy atom. The number of ether oxygens (including phenoxy) is 1. The van der Waals surface area contributed by atoms with Gasteiger partial charge in [0.1, 0.15) is 0 Å². The minimum atomic E-state index is -0.229. The van der Waals surface area contributed by atoms with Crippen LogP contribution in [0, 0.1) is 0 Å². The van der Waals surface area contributed by atoms with Gasteiger partial charge in [0, 0.05) is 6.54 Å². The summed E-state index contributed by atoms with van der Waals surface area (Å²) in [7, 11) is 0. The zero-order valence-electron chi connectivity index (χ0n) is 7.62. The molecule has 1 rings (SSSR count). The van der Waals surface area contributed by atoms with Crippen molar-refractivity contribution in [3.63, 3.8) is 0 Å². The molecule has 0 radical (unpaired) electrons. The van der Waals surface area contributed by atoms with Crippen LogP contribution >= 0.6 is 11.8 Å². The van der Waals surface area contributed by atoms with E-state index in [1.165, 1.54) is 0 Å². The Morgan fingerprint density at radius 3 is 3.00 bits per heavy atom. The standard InChI is InChI=1S/C8H13NO3S/c1-2-12-8(11)3-4-9-6-13-5-7(9)10/h2-6H2,1H3. The number of hydrogen-bond donors (Lipinski definition) is 0. The van der Waals surface area contributed by atoms with E-state index in [1.807, 2.05) is 0 Å². The maximum Gasteiger partial charge on any atom is 0.307 e. The summed E-state index contributed by atoms with van der Waals surface area (Å²) in [6.07, 6.45) is 0.306. The molecule has 5 heteroatoms. The highest BCUT2D eigenvalue weighted by atomic mass is 32.2. The van der Waals surface area contributed by atoms with Gasteiger partial charge < -0.3 is 9.64 Å². The summed E-state index contributed by atoms with van der Waals surface area (Å²) in [5, 5.41) is 0. The highest BCUT2D eigenvalue weighted by Crippen LogP contribution is 2.14. The van der Waals surface area contributed by atoms with E-state index >= 15 is 0 Å². The first-order valence-corrected chi connectivity index (χ1v) is 5.40. The average molecular weight is 203 g/mol. The first-order valence-electron chi connectivity index (χ1n) is 4.25. The Balaban J connectivity index is 2.18. The molecule has 1 fully saturated rings. The van der Waals surface area contributed by atoms with E-state index in [1.54, 1.807) is 23.6 Å². The van der Waals surface area contributed by atoms with Crippen LogP contribution < -0.4 is 0 Å². The lowest BCUT2D eigenvalue weighted by atomic mass is 10.4. The molecule has 0 atom stereocenters. The minimum absolute atomic E-state index is 0.120. The second kappa shape index (κ2) is 5.11. The molecule has 1 aliphatic heterocycles. The number of amides is 1. The third-order valence-corrected chi connectivity index (χ3v) is 2.66. The van der Waals surface area contributed by atoms with Crippen LogP contribution in [0.25, 0.3) is 0 Å². The van der Waals surface area contributed by atoms with Gasteiger partial charge in [-0.15, -0.1) is 11.8 Å². The van der Waals surface area contributed by atoms with E-state index in [0.29, 0.717) is 31.2 Å².